The van der Waals surface area contributed by atoms with Gasteiger partial charge in [0.05, 0.1) is 4.90 Å². The predicted octanol–water partition coefficient (Wildman–Crippen LogP) is 2.06. The third kappa shape index (κ3) is 6.33. The van der Waals surface area contributed by atoms with E-state index in [-0.39, 0.29) is 29.7 Å². The first-order chi connectivity index (χ1) is 13.3. The standard InChI is InChI=1S/C20H23N3O4S/c1-15-8-10-17(14-18(15)28(26,27)21-2)23-20(25)12-13-22-19(24)11-9-16-6-4-3-5-7-16/h3-11,14,21H,12-13H2,1-2H3,(H,22,24)(H,23,25)/b11-9+. The van der Waals surface area contributed by atoms with Crippen LogP contribution in [0.4, 0.5) is 5.69 Å². The maximum Gasteiger partial charge on any atom is 0.244 e. The molecule has 0 heterocycles. The van der Waals surface area contributed by atoms with Crippen LogP contribution in [0.2, 0.25) is 0 Å². The second-order valence-corrected chi connectivity index (χ2v) is 7.88. The van der Waals surface area contributed by atoms with Crippen molar-refractivity contribution in [2.45, 2.75) is 18.2 Å². The Morgan fingerprint density at radius 1 is 1.07 bits per heavy atom. The van der Waals surface area contributed by atoms with Crippen LogP contribution in [-0.4, -0.2) is 33.8 Å². The molecule has 0 atom stereocenters. The van der Waals surface area contributed by atoms with Crippen LogP contribution in [0.15, 0.2) is 59.5 Å². The van der Waals surface area contributed by atoms with Crippen LogP contribution in [0, 0.1) is 6.92 Å². The third-order valence-corrected chi connectivity index (χ3v) is 5.46. The smallest absolute Gasteiger partial charge is 0.244 e. The fourth-order valence-corrected chi connectivity index (χ4v) is 3.39. The molecular formula is C20H23N3O4S. The van der Waals surface area contributed by atoms with Crippen molar-refractivity contribution in [3.05, 3.63) is 65.7 Å². The molecule has 28 heavy (non-hydrogen) atoms. The Morgan fingerprint density at radius 3 is 2.46 bits per heavy atom. The van der Waals surface area contributed by atoms with E-state index < -0.39 is 10.0 Å². The van der Waals surface area contributed by atoms with E-state index in [0.717, 1.165) is 5.56 Å². The largest absolute Gasteiger partial charge is 0.352 e. The zero-order chi connectivity index (χ0) is 20.6. The summed E-state index contributed by atoms with van der Waals surface area (Å²) in [4.78, 5) is 23.9. The van der Waals surface area contributed by atoms with E-state index in [1.54, 1.807) is 25.1 Å². The van der Waals surface area contributed by atoms with Crippen LogP contribution in [0.25, 0.3) is 6.08 Å². The van der Waals surface area contributed by atoms with Crippen molar-refractivity contribution in [1.82, 2.24) is 10.0 Å². The van der Waals surface area contributed by atoms with E-state index in [0.29, 0.717) is 11.3 Å². The van der Waals surface area contributed by atoms with Gasteiger partial charge in [-0.1, -0.05) is 36.4 Å². The lowest BCUT2D eigenvalue weighted by atomic mass is 10.2. The van der Waals surface area contributed by atoms with Gasteiger partial charge in [-0.2, -0.15) is 0 Å². The number of aryl methyl sites for hydroxylation is 1. The van der Waals surface area contributed by atoms with Gasteiger partial charge < -0.3 is 10.6 Å². The Hall–Kier alpha value is -2.97. The Kier molecular flexibility index (Phi) is 7.48. The summed E-state index contributed by atoms with van der Waals surface area (Å²) in [6.07, 6.45) is 3.15. The molecule has 0 bridgehead atoms. The van der Waals surface area contributed by atoms with Crippen molar-refractivity contribution < 1.29 is 18.0 Å². The highest BCUT2D eigenvalue weighted by Crippen LogP contribution is 2.20. The zero-order valence-corrected chi connectivity index (χ0v) is 16.5. The molecule has 2 amide bonds. The number of nitrogens with one attached hydrogen (secondary N) is 3. The van der Waals surface area contributed by atoms with Gasteiger partial charge in [-0.05, 0) is 43.3 Å². The second-order valence-electron chi connectivity index (χ2n) is 6.02. The number of hydrogen-bond acceptors (Lipinski definition) is 4. The summed E-state index contributed by atoms with van der Waals surface area (Å²) in [5, 5.41) is 5.27. The molecule has 2 aromatic rings. The minimum absolute atomic E-state index is 0.0624. The molecule has 0 aromatic heterocycles. The Bertz CT molecular complexity index is 970. The van der Waals surface area contributed by atoms with Gasteiger partial charge in [0, 0.05) is 24.7 Å². The molecule has 0 radical (unpaired) electrons. The average molecular weight is 401 g/mol. The monoisotopic (exact) mass is 401 g/mol. The third-order valence-electron chi connectivity index (χ3n) is 3.91. The molecule has 3 N–H and O–H groups in total. The van der Waals surface area contributed by atoms with Crippen molar-refractivity contribution in [2.75, 3.05) is 18.9 Å². The molecular weight excluding hydrogens is 378 g/mol. The maximum atomic E-state index is 12.0. The van der Waals surface area contributed by atoms with Crippen LogP contribution < -0.4 is 15.4 Å². The molecule has 0 saturated carbocycles. The number of rotatable bonds is 8. The normalized spacial score (nSPS) is 11.4. The number of benzene rings is 2. The van der Waals surface area contributed by atoms with E-state index in [9.17, 15) is 18.0 Å². The fourth-order valence-electron chi connectivity index (χ4n) is 2.40. The summed E-state index contributed by atoms with van der Waals surface area (Å²) in [5.41, 5.74) is 1.85. The first kappa shape index (κ1) is 21.3. The highest BCUT2D eigenvalue weighted by atomic mass is 32.2. The molecule has 7 nitrogen and oxygen atoms in total. The quantitative estimate of drug-likeness (QED) is 0.589. The Morgan fingerprint density at radius 2 is 1.79 bits per heavy atom. The van der Waals surface area contributed by atoms with Gasteiger partial charge in [-0.3, -0.25) is 9.59 Å². The lowest BCUT2D eigenvalue weighted by molar-refractivity contribution is -0.117. The summed E-state index contributed by atoms with van der Waals surface area (Å²) in [5.74, 6) is -0.626. The molecule has 0 unspecified atom stereocenters. The van der Waals surface area contributed by atoms with Gasteiger partial charge >= 0.3 is 0 Å². The fraction of sp³-hybridized carbons (Fsp3) is 0.200. The first-order valence-corrected chi connectivity index (χ1v) is 10.1. The van der Waals surface area contributed by atoms with Crippen molar-refractivity contribution in [2.24, 2.45) is 0 Å². The van der Waals surface area contributed by atoms with Gasteiger partial charge in [-0.15, -0.1) is 0 Å². The van der Waals surface area contributed by atoms with Gasteiger partial charge in [0.15, 0.2) is 0 Å². The summed E-state index contributed by atoms with van der Waals surface area (Å²) in [6.45, 7) is 1.84. The van der Waals surface area contributed by atoms with Gasteiger partial charge in [0.25, 0.3) is 0 Å². The van der Waals surface area contributed by atoms with E-state index in [4.69, 9.17) is 0 Å². The van der Waals surface area contributed by atoms with Crippen LogP contribution in [0.3, 0.4) is 0 Å². The topological polar surface area (TPSA) is 104 Å². The van der Waals surface area contributed by atoms with Gasteiger partial charge in [0.1, 0.15) is 0 Å². The van der Waals surface area contributed by atoms with Crippen molar-refractivity contribution >= 4 is 33.6 Å². The molecule has 0 saturated heterocycles. The molecule has 8 heteroatoms. The lowest BCUT2D eigenvalue weighted by Gasteiger charge is -2.10. The van der Waals surface area contributed by atoms with E-state index >= 15 is 0 Å². The highest BCUT2D eigenvalue weighted by molar-refractivity contribution is 7.89. The summed E-state index contributed by atoms with van der Waals surface area (Å²) < 4.78 is 26.2. The van der Waals surface area contributed by atoms with E-state index in [1.165, 1.54) is 19.2 Å². The van der Waals surface area contributed by atoms with Gasteiger partial charge in [0.2, 0.25) is 21.8 Å². The number of sulfonamides is 1. The van der Waals surface area contributed by atoms with Crippen molar-refractivity contribution in [3.8, 4) is 0 Å². The van der Waals surface area contributed by atoms with Crippen LogP contribution in [0.1, 0.15) is 17.5 Å². The van der Waals surface area contributed by atoms with Gasteiger partial charge in [-0.25, -0.2) is 13.1 Å². The SMILES string of the molecule is CNS(=O)(=O)c1cc(NC(=O)CCNC(=O)/C=C/c2ccccc2)ccc1C. The van der Waals surface area contributed by atoms with Crippen molar-refractivity contribution in [3.63, 3.8) is 0 Å². The Balaban J connectivity index is 1.85. The lowest BCUT2D eigenvalue weighted by Crippen LogP contribution is -2.26. The summed E-state index contributed by atoms with van der Waals surface area (Å²) >= 11 is 0. The van der Waals surface area contributed by atoms with E-state index in [1.807, 2.05) is 30.3 Å². The maximum absolute atomic E-state index is 12.0. The first-order valence-electron chi connectivity index (χ1n) is 8.67. The zero-order valence-electron chi connectivity index (χ0n) is 15.7. The second kappa shape index (κ2) is 9.82. The molecule has 0 aliphatic carbocycles. The number of carbonyl (C=O) groups is 2. The minimum Gasteiger partial charge on any atom is -0.352 e. The number of carbonyl (C=O) groups excluding carboxylic acids is 2. The minimum atomic E-state index is -3.61. The number of amides is 2. The predicted molar refractivity (Wildman–Crippen MR) is 109 cm³/mol. The van der Waals surface area contributed by atoms with Crippen LogP contribution in [-0.2, 0) is 19.6 Å². The molecule has 0 aliphatic heterocycles. The van der Waals surface area contributed by atoms with Crippen LogP contribution >= 0.6 is 0 Å². The average Bonchev–Trinajstić information content (AvgIpc) is 2.68. The Labute approximate surface area is 164 Å². The highest BCUT2D eigenvalue weighted by Gasteiger charge is 2.15. The molecule has 148 valence electrons. The molecule has 0 aliphatic rings. The molecule has 2 aromatic carbocycles. The summed E-state index contributed by atoms with van der Waals surface area (Å²) in [7, 11) is -2.28. The molecule has 2 rings (SSSR count). The number of anilines is 1. The van der Waals surface area contributed by atoms with E-state index in [2.05, 4.69) is 15.4 Å². The molecule has 0 spiro atoms. The van der Waals surface area contributed by atoms with Crippen LogP contribution in [0.5, 0.6) is 0 Å². The summed E-state index contributed by atoms with van der Waals surface area (Å²) in [6, 6.07) is 14.0. The number of hydrogen-bond donors (Lipinski definition) is 3. The molecule has 0 fully saturated rings. The van der Waals surface area contributed by atoms with Crippen molar-refractivity contribution in [1.29, 1.82) is 0 Å².